The van der Waals surface area contributed by atoms with Crippen LogP contribution in [0, 0.1) is 23.7 Å². The van der Waals surface area contributed by atoms with Gasteiger partial charge in [0.1, 0.15) is 5.60 Å². The van der Waals surface area contributed by atoms with Crippen LogP contribution in [-0.4, -0.2) is 11.6 Å². The van der Waals surface area contributed by atoms with E-state index in [4.69, 9.17) is 4.74 Å². The third-order valence-electron chi connectivity index (χ3n) is 5.68. The van der Waals surface area contributed by atoms with Crippen LogP contribution in [-0.2, 0) is 9.53 Å². The summed E-state index contributed by atoms with van der Waals surface area (Å²) in [5.41, 5.74) is 0.318. The van der Waals surface area contributed by atoms with Crippen molar-refractivity contribution in [1.82, 2.24) is 0 Å². The average molecular weight is 248 g/mol. The van der Waals surface area contributed by atoms with Gasteiger partial charge in [0.15, 0.2) is 0 Å². The highest BCUT2D eigenvalue weighted by Crippen LogP contribution is 2.62. The second kappa shape index (κ2) is 4.11. The highest BCUT2D eigenvalue weighted by Gasteiger charge is 2.59. The largest absolute Gasteiger partial charge is 0.456 e. The van der Waals surface area contributed by atoms with Gasteiger partial charge in [0.05, 0.1) is 0 Å². The summed E-state index contributed by atoms with van der Waals surface area (Å²) in [6.07, 6.45) is 7.91. The summed E-state index contributed by atoms with van der Waals surface area (Å²) >= 11 is 0. The fourth-order valence-electron chi connectivity index (χ4n) is 4.97. The maximum absolute atomic E-state index is 11.8. The Balaban J connectivity index is 1.76. The minimum Gasteiger partial charge on any atom is -0.456 e. The number of hydrogen-bond donors (Lipinski definition) is 0. The molecule has 2 heteroatoms. The van der Waals surface area contributed by atoms with E-state index in [9.17, 15) is 4.79 Å². The molecule has 3 rings (SSSR count). The van der Waals surface area contributed by atoms with Gasteiger partial charge in [-0.1, -0.05) is 19.4 Å². The molecule has 5 unspecified atom stereocenters. The average Bonchev–Trinajstić information content (AvgIpc) is 2.84. The van der Waals surface area contributed by atoms with Crippen LogP contribution < -0.4 is 0 Å². The molecule has 0 aromatic carbocycles. The molecule has 3 fully saturated rings. The smallest absolute Gasteiger partial charge is 0.333 e. The Hall–Kier alpha value is -0.790. The molecular weight excluding hydrogens is 224 g/mol. The zero-order valence-corrected chi connectivity index (χ0v) is 11.6. The lowest BCUT2D eigenvalue weighted by Gasteiger charge is -2.44. The van der Waals surface area contributed by atoms with Crippen LogP contribution in [0.15, 0.2) is 12.2 Å². The molecule has 0 heterocycles. The molecule has 5 atom stereocenters. The lowest BCUT2D eigenvalue weighted by Crippen LogP contribution is -2.44. The van der Waals surface area contributed by atoms with E-state index < -0.39 is 0 Å². The summed E-state index contributed by atoms with van der Waals surface area (Å²) in [6.45, 7) is 7.59. The van der Waals surface area contributed by atoms with E-state index in [0.717, 1.165) is 24.2 Å². The molecule has 3 saturated carbocycles. The Morgan fingerprint density at radius 2 is 1.94 bits per heavy atom. The van der Waals surface area contributed by atoms with Crippen molar-refractivity contribution < 1.29 is 9.53 Å². The van der Waals surface area contributed by atoms with Gasteiger partial charge in [-0.3, -0.25) is 0 Å². The predicted octanol–water partition coefficient (Wildman–Crippen LogP) is 3.71. The number of esters is 1. The first-order valence-electron chi connectivity index (χ1n) is 7.40. The molecule has 0 radical (unpaired) electrons. The van der Waals surface area contributed by atoms with Crippen LogP contribution in [0.1, 0.15) is 52.4 Å². The van der Waals surface area contributed by atoms with Crippen molar-refractivity contribution in [3.05, 3.63) is 12.2 Å². The van der Waals surface area contributed by atoms with Crippen LogP contribution in [0.3, 0.4) is 0 Å². The van der Waals surface area contributed by atoms with Crippen molar-refractivity contribution in [2.75, 3.05) is 0 Å². The Morgan fingerprint density at radius 3 is 2.61 bits per heavy atom. The molecule has 0 aromatic heterocycles. The third kappa shape index (κ3) is 1.72. The van der Waals surface area contributed by atoms with Crippen LogP contribution >= 0.6 is 0 Å². The number of ether oxygens (including phenoxy) is 1. The second-order valence-electron chi connectivity index (χ2n) is 6.90. The first-order valence-corrected chi connectivity index (χ1v) is 7.40. The zero-order chi connectivity index (χ0) is 12.9. The van der Waals surface area contributed by atoms with E-state index >= 15 is 0 Å². The van der Waals surface area contributed by atoms with E-state index in [1.165, 1.54) is 32.1 Å². The number of hydrogen-bond acceptors (Lipinski definition) is 2. The first-order chi connectivity index (χ1) is 8.51. The molecule has 0 aliphatic heterocycles. The second-order valence-corrected chi connectivity index (χ2v) is 6.90. The summed E-state index contributed by atoms with van der Waals surface area (Å²) in [5, 5.41) is 0. The Morgan fingerprint density at radius 1 is 1.28 bits per heavy atom. The highest BCUT2D eigenvalue weighted by molar-refractivity contribution is 5.87. The monoisotopic (exact) mass is 248 g/mol. The maximum Gasteiger partial charge on any atom is 0.333 e. The summed E-state index contributed by atoms with van der Waals surface area (Å²) in [4.78, 5) is 11.8. The molecule has 0 N–H and O–H groups in total. The van der Waals surface area contributed by atoms with Crippen molar-refractivity contribution in [1.29, 1.82) is 0 Å². The third-order valence-corrected chi connectivity index (χ3v) is 5.68. The van der Waals surface area contributed by atoms with Gasteiger partial charge in [0.2, 0.25) is 0 Å². The SMILES string of the molecule is C=C(C)C(=O)OC1(C)CC2CC1C1CCCCC21. The fourth-order valence-corrected chi connectivity index (χ4v) is 4.97. The normalized spacial score (nSPS) is 45.7. The number of carbonyl (C=O) groups is 1. The molecule has 0 saturated heterocycles. The minimum absolute atomic E-state index is 0.197. The van der Waals surface area contributed by atoms with E-state index in [1.54, 1.807) is 6.92 Å². The highest BCUT2D eigenvalue weighted by atomic mass is 16.6. The number of fused-ring (bicyclic) bond motifs is 5. The summed E-state index contributed by atoms with van der Waals surface area (Å²) in [6, 6.07) is 0. The summed E-state index contributed by atoms with van der Waals surface area (Å²) in [5.74, 6) is 2.97. The van der Waals surface area contributed by atoms with Crippen LogP contribution in [0.2, 0.25) is 0 Å². The molecular formula is C16H24O2. The van der Waals surface area contributed by atoms with Crippen LogP contribution in [0.5, 0.6) is 0 Å². The van der Waals surface area contributed by atoms with Crippen LogP contribution in [0.4, 0.5) is 0 Å². The number of carbonyl (C=O) groups excluding carboxylic acids is 1. The van der Waals surface area contributed by atoms with E-state index in [-0.39, 0.29) is 11.6 Å². The standard InChI is InChI=1S/C16H24O2/c1-10(2)15(17)18-16(3)9-11-8-14(16)13-7-5-4-6-12(11)13/h11-14H,1,4-9H2,2-3H3. The lowest BCUT2D eigenvalue weighted by molar-refractivity contribution is -0.163. The molecule has 3 aliphatic rings. The van der Waals surface area contributed by atoms with Gasteiger partial charge in [-0.25, -0.2) is 4.79 Å². The predicted molar refractivity (Wildman–Crippen MR) is 71.0 cm³/mol. The van der Waals surface area contributed by atoms with Crippen molar-refractivity contribution in [3.63, 3.8) is 0 Å². The van der Waals surface area contributed by atoms with E-state index in [0.29, 0.717) is 11.5 Å². The quantitative estimate of drug-likeness (QED) is 0.550. The summed E-state index contributed by atoms with van der Waals surface area (Å²) < 4.78 is 5.80. The van der Waals surface area contributed by atoms with Gasteiger partial charge < -0.3 is 4.74 Å². The fraction of sp³-hybridized carbons (Fsp3) is 0.812. The number of rotatable bonds is 2. The maximum atomic E-state index is 11.8. The Bertz CT molecular complexity index is 387. The minimum atomic E-state index is -0.209. The van der Waals surface area contributed by atoms with Crippen LogP contribution in [0.25, 0.3) is 0 Å². The van der Waals surface area contributed by atoms with Crippen molar-refractivity contribution >= 4 is 5.97 Å². The van der Waals surface area contributed by atoms with Gasteiger partial charge in [-0.15, -0.1) is 0 Å². The van der Waals surface area contributed by atoms with Crippen molar-refractivity contribution in [2.45, 2.75) is 58.0 Å². The molecule has 0 amide bonds. The lowest BCUT2D eigenvalue weighted by atomic mass is 9.66. The summed E-state index contributed by atoms with van der Waals surface area (Å²) in [7, 11) is 0. The van der Waals surface area contributed by atoms with E-state index in [2.05, 4.69) is 13.5 Å². The van der Waals surface area contributed by atoms with Gasteiger partial charge in [0, 0.05) is 11.5 Å². The molecule has 2 nitrogen and oxygen atoms in total. The van der Waals surface area contributed by atoms with Crippen molar-refractivity contribution in [3.8, 4) is 0 Å². The van der Waals surface area contributed by atoms with Gasteiger partial charge in [-0.2, -0.15) is 0 Å². The van der Waals surface area contributed by atoms with Gasteiger partial charge in [0.25, 0.3) is 0 Å². The Labute approximate surface area is 110 Å². The molecule has 3 aliphatic carbocycles. The zero-order valence-electron chi connectivity index (χ0n) is 11.6. The molecule has 100 valence electrons. The van der Waals surface area contributed by atoms with Crippen molar-refractivity contribution in [2.24, 2.45) is 23.7 Å². The molecule has 18 heavy (non-hydrogen) atoms. The van der Waals surface area contributed by atoms with Gasteiger partial charge >= 0.3 is 5.97 Å². The van der Waals surface area contributed by atoms with Gasteiger partial charge in [-0.05, 0) is 57.3 Å². The molecule has 0 spiro atoms. The van der Waals surface area contributed by atoms with E-state index in [1.807, 2.05) is 0 Å². The topological polar surface area (TPSA) is 26.3 Å². The Kier molecular flexibility index (Phi) is 2.80. The molecule has 0 aromatic rings. The first kappa shape index (κ1) is 12.3. The molecule has 2 bridgehead atoms.